The van der Waals surface area contributed by atoms with Crippen LogP contribution in [0.3, 0.4) is 0 Å². The highest BCUT2D eigenvalue weighted by atomic mass is 79.9. The Morgan fingerprint density at radius 2 is 1.59 bits per heavy atom. The maximum Gasteiger partial charge on any atom is 0.418 e. The highest BCUT2D eigenvalue weighted by molar-refractivity contribution is 9.10. The lowest BCUT2D eigenvalue weighted by Crippen LogP contribution is -2.09. The highest BCUT2D eigenvalue weighted by Gasteiger charge is 2.35. The average molecular weight is 514 g/mol. The van der Waals surface area contributed by atoms with E-state index in [1.807, 2.05) is 0 Å². The molecule has 0 unspecified atom stereocenters. The summed E-state index contributed by atoms with van der Waals surface area (Å²) in [6.45, 7) is 0. The zero-order valence-electron chi connectivity index (χ0n) is 15.6. The summed E-state index contributed by atoms with van der Waals surface area (Å²) in [6, 6.07) is 7.37. The van der Waals surface area contributed by atoms with Crippen molar-refractivity contribution in [2.45, 2.75) is 12.4 Å². The molecule has 4 aromatic heterocycles. The van der Waals surface area contributed by atoms with Gasteiger partial charge in [-0.05, 0) is 52.3 Å². The second-order valence-corrected chi connectivity index (χ2v) is 7.44. The van der Waals surface area contributed by atoms with Crippen molar-refractivity contribution in [2.75, 3.05) is 5.32 Å². The van der Waals surface area contributed by atoms with E-state index in [1.54, 1.807) is 6.07 Å². The van der Waals surface area contributed by atoms with Crippen LogP contribution in [0, 0.1) is 0 Å². The Bertz CT molecular complexity index is 1290. The number of alkyl halides is 6. The Kier molecular flexibility index (Phi) is 5.49. The van der Waals surface area contributed by atoms with Crippen LogP contribution in [0.15, 0.2) is 59.5 Å². The van der Waals surface area contributed by atoms with E-state index in [-0.39, 0.29) is 27.3 Å². The summed E-state index contributed by atoms with van der Waals surface area (Å²) in [4.78, 5) is 15.9. The van der Waals surface area contributed by atoms with Gasteiger partial charge in [-0.2, -0.15) is 26.3 Å². The van der Waals surface area contributed by atoms with Gasteiger partial charge in [-0.15, -0.1) is 0 Å². The smallest absolute Gasteiger partial charge is 0.340 e. The number of hydrogen-bond donors (Lipinski definition) is 1. The molecule has 0 saturated heterocycles. The summed E-state index contributed by atoms with van der Waals surface area (Å²) in [7, 11) is 0. The molecule has 0 amide bonds. The van der Waals surface area contributed by atoms with E-state index in [9.17, 15) is 26.3 Å². The number of aromatic nitrogens is 4. The molecule has 0 radical (unpaired) electrons. The minimum atomic E-state index is -4.65. The molecule has 0 aliphatic heterocycles. The molecule has 32 heavy (non-hydrogen) atoms. The van der Waals surface area contributed by atoms with Crippen molar-refractivity contribution >= 4 is 38.5 Å². The van der Waals surface area contributed by atoms with Crippen molar-refractivity contribution in [3.63, 3.8) is 0 Å². The summed E-state index contributed by atoms with van der Waals surface area (Å²) < 4.78 is 78.6. The Morgan fingerprint density at radius 1 is 0.812 bits per heavy atom. The van der Waals surface area contributed by atoms with Gasteiger partial charge in [0.2, 0.25) is 0 Å². The minimum absolute atomic E-state index is 0.0327. The molecule has 4 aromatic rings. The molecule has 0 aliphatic rings. The zero-order chi connectivity index (χ0) is 23.1. The lowest BCUT2D eigenvalue weighted by molar-refractivity contribution is -0.138. The SMILES string of the molecule is FC(F)(F)c1ccc(Nc2ccnc3nc(-c4ncc(Br)cc4C(F)(F)F)ccc23)nc1. The van der Waals surface area contributed by atoms with Crippen molar-refractivity contribution in [1.82, 2.24) is 19.9 Å². The third-order valence-corrected chi connectivity index (χ3v) is 4.79. The summed E-state index contributed by atoms with van der Waals surface area (Å²) in [6.07, 6.45) is -5.86. The fraction of sp³-hybridized carbons (Fsp3) is 0.100. The fourth-order valence-corrected chi connectivity index (χ4v) is 3.23. The Balaban J connectivity index is 1.71. The molecule has 4 rings (SSSR count). The normalized spacial score (nSPS) is 12.2. The number of pyridine rings is 4. The zero-order valence-corrected chi connectivity index (χ0v) is 17.2. The lowest BCUT2D eigenvalue weighted by Gasteiger charge is -2.13. The van der Waals surface area contributed by atoms with Crippen molar-refractivity contribution in [2.24, 2.45) is 0 Å². The van der Waals surface area contributed by atoms with Gasteiger partial charge >= 0.3 is 12.4 Å². The van der Waals surface area contributed by atoms with Gasteiger partial charge in [0.05, 0.1) is 22.5 Å². The van der Waals surface area contributed by atoms with E-state index >= 15 is 0 Å². The molecule has 4 heterocycles. The molecule has 1 N–H and O–H groups in total. The van der Waals surface area contributed by atoms with Crippen LogP contribution in [-0.2, 0) is 12.4 Å². The number of anilines is 2. The second-order valence-electron chi connectivity index (χ2n) is 6.53. The van der Waals surface area contributed by atoms with Crippen LogP contribution in [0.2, 0.25) is 0 Å². The number of fused-ring (bicyclic) bond motifs is 1. The predicted octanol–water partition coefficient (Wildman–Crippen LogP) is 6.63. The van der Waals surface area contributed by atoms with E-state index in [2.05, 4.69) is 41.2 Å². The second kappa shape index (κ2) is 8.01. The van der Waals surface area contributed by atoms with E-state index < -0.39 is 23.5 Å². The van der Waals surface area contributed by atoms with Crippen molar-refractivity contribution in [3.05, 3.63) is 70.6 Å². The molecule has 0 atom stereocenters. The maximum atomic E-state index is 13.4. The molecular weight excluding hydrogens is 504 g/mol. The maximum absolute atomic E-state index is 13.4. The Hall–Kier alpha value is -3.28. The minimum Gasteiger partial charge on any atom is -0.340 e. The predicted molar refractivity (Wildman–Crippen MR) is 108 cm³/mol. The van der Waals surface area contributed by atoms with E-state index in [1.165, 1.54) is 24.5 Å². The molecule has 164 valence electrons. The first-order chi connectivity index (χ1) is 15.0. The van der Waals surface area contributed by atoms with Crippen LogP contribution in [0.4, 0.5) is 37.8 Å². The summed E-state index contributed by atoms with van der Waals surface area (Å²) in [5.41, 5.74) is -1.70. The van der Waals surface area contributed by atoms with Gasteiger partial charge in [0.25, 0.3) is 0 Å². The number of nitrogens with zero attached hydrogens (tertiary/aromatic N) is 4. The topological polar surface area (TPSA) is 63.6 Å². The van der Waals surface area contributed by atoms with E-state index in [0.717, 1.165) is 18.2 Å². The fourth-order valence-electron chi connectivity index (χ4n) is 2.90. The first kappa shape index (κ1) is 21.9. The van der Waals surface area contributed by atoms with Crippen LogP contribution in [0.1, 0.15) is 11.1 Å². The number of halogens is 7. The van der Waals surface area contributed by atoms with Crippen molar-refractivity contribution in [3.8, 4) is 11.4 Å². The van der Waals surface area contributed by atoms with Crippen LogP contribution in [0.5, 0.6) is 0 Å². The van der Waals surface area contributed by atoms with Crippen LogP contribution < -0.4 is 5.32 Å². The third kappa shape index (κ3) is 4.49. The Labute approximate surface area is 184 Å². The van der Waals surface area contributed by atoms with Crippen LogP contribution in [-0.4, -0.2) is 19.9 Å². The number of hydrogen-bond acceptors (Lipinski definition) is 5. The first-order valence-electron chi connectivity index (χ1n) is 8.81. The number of rotatable bonds is 3. The Morgan fingerprint density at radius 3 is 2.25 bits per heavy atom. The van der Waals surface area contributed by atoms with E-state index in [0.29, 0.717) is 17.3 Å². The lowest BCUT2D eigenvalue weighted by atomic mass is 10.1. The van der Waals surface area contributed by atoms with Gasteiger partial charge in [-0.1, -0.05) is 0 Å². The van der Waals surface area contributed by atoms with Crippen molar-refractivity contribution < 1.29 is 26.3 Å². The largest absolute Gasteiger partial charge is 0.418 e. The average Bonchev–Trinajstić information content (AvgIpc) is 2.73. The number of nitrogens with one attached hydrogen (secondary N) is 1. The molecule has 12 heteroatoms. The summed E-state index contributed by atoms with van der Waals surface area (Å²) in [5.74, 6) is 0.142. The summed E-state index contributed by atoms with van der Waals surface area (Å²) >= 11 is 2.99. The quantitative estimate of drug-likeness (QED) is 0.311. The highest BCUT2D eigenvalue weighted by Crippen LogP contribution is 2.37. The standard InChI is InChI=1S/C20H10BrF6N5/c21-11-7-13(20(25,26)27)17(30-9-11)15-3-2-12-14(5-6-28-18(12)32-15)31-16-4-1-10(8-29-16)19(22,23)24/h1-9H,(H,28,29,31,32). The summed E-state index contributed by atoms with van der Waals surface area (Å²) in [5, 5.41) is 3.30. The van der Waals surface area contributed by atoms with Gasteiger partial charge < -0.3 is 5.32 Å². The van der Waals surface area contributed by atoms with E-state index in [4.69, 9.17) is 0 Å². The molecule has 5 nitrogen and oxygen atoms in total. The van der Waals surface area contributed by atoms with Gasteiger partial charge in [-0.25, -0.2) is 15.0 Å². The molecule has 0 aromatic carbocycles. The van der Waals surface area contributed by atoms with Gasteiger partial charge in [0, 0.05) is 28.4 Å². The molecule has 0 aliphatic carbocycles. The third-order valence-electron chi connectivity index (χ3n) is 4.36. The monoisotopic (exact) mass is 513 g/mol. The van der Waals surface area contributed by atoms with Crippen LogP contribution >= 0.6 is 15.9 Å². The molecule has 0 bridgehead atoms. The molecular formula is C20H10BrF6N5. The van der Waals surface area contributed by atoms with Crippen molar-refractivity contribution in [1.29, 1.82) is 0 Å². The van der Waals surface area contributed by atoms with Crippen LogP contribution in [0.25, 0.3) is 22.4 Å². The molecule has 0 fully saturated rings. The van der Waals surface area contributed by atoms with Gasteiger partial charge in [0.15, 0.2) is 5.65 Å². The first-order valence-corrected chi connectivity index (χ1v) is 9.61. The molecule has 0 saturated carbocycles. The van der Waals surface area contributed by atoms with Gasteiger partial charge in [0.1, 0.15) is 11.5 Å². The molecule has 0 spiro atoms. The van der Waals surface area contributed by atoms with Gasteiger partial charge in [-0.3, -0.25) is 4.98 Å².